The summed E-state index contributed by atoms with van der Waals surface area (Å²) in [6, 6.07) is 0. The zero-order valence-electron chi connectivity index (χ0n) is 11.1. The number of nitrogens with two attached hydrogens (primary N) is 1. The lowest BCUT2D eigenvalue weighted by Crippen LogP contribution is -2.34. The summed E-state index contributed by atoms with van der Waals surface area (Å²) in [5, 5.41) is 0. The normalized spacial score (nSPS) is 13.3. The first-order valence-electron chi connectivity index (χ1n) is 6.23. The Kier molecular flexibility index (Phi) is 11.2. The van der Waals surface area contributed by atoms with E-state index in [1.807, 2.05) is 0 Å². The van der Waals surface area contributed by atoms with Crippen LogP contribution in [0.5, 0.6) is 0 Å². The van der Waals surface area contributed by atoms with Gasteiger partial charge in [-0.15, -0.1) is 0 Å². The number of nitrogens with zero attached hydrogens (tertiary/aromatic N) is 1. The van der Waals surface area contributed by atoms with E-state index >= 15 is 0 Å². The van der Waals surface area contributed by atoms with Crippen LogP contribution in [0.4, 0.5) is 0 Å². The third-order valence-corrected chi connectivity index (χ3v) is 2.61. The first-order valence-corrected chi connectivity index (χ1v) is 6.23. The number of hydrogen-bond donors (Lipinski definition) is 1. The first-order chi connectivity index (χ1) is 7.74. The van der Waals surface area contributed by atoms with Gasteiger partial charge in [0.15, 0.2) is 0 Å². The number of likely N-dealkylation sites (N-methyl/N-ethyl adjacent to an activating group) is 1. The Morgan fingerprint density at radius 1 is 1.25 bits per heavy atom. The quantitative estimate of drug-likeness (QED) is 0.539. The summed E-state index contributed by atoms with van der Waals surface area (Å²) in [4.78, 5) is 2.38. The van der Waals surface area contributed by atoms with Crippen molar-refractivity contribution < 1.29 is 9.47 Å². The maximum Gasteiger partial charge on any atom is 0.0593 e. The van der Waals surface area contributed by atoms with Crippen LogP contribution in [0, 0.1) is 5.92 Å². The van der Waals surface area contributed by atoms with Crippen molar-refractivity contribution in [2.45, 2.75) is 20.3 Å². The molecule has 0 aliphatic rings. The Bertz CT molecular complexity index is 145. The van der Waals surface area contributed by atoms with Gasteiger partial charge in [-0.1, -0.05) is 13.8 Å². The Morgan fingerprint density at radius 2 is 2.00 bits per heavy atom. The van der Waals surface area contributed by atoms with Crippen molar-refractivity contribution in [2.75, 3.05) is 53.1 Å². The number of rotatable bonds is 11. The molecule has 0 aromatic heterocycles. The molecule has 2 N–H and O–H groups in total. The van der Waals surface area contributed by atoms with Crippen LogP contribution in [-0.2, 0) is 9.47 Å². The van der Waals surface area contributed by atoms with Gasteiger partial charge >= 0.3 is 0 Å². The predicted octanol–water partition coefficient (Wildman–Crippen LogP) is 0.956. The molecular formula is C12H28N2O2. The third kappa shape index (κ3) is 9.09. The van der Waals surface area contributed by atoms with Gasteiger partial charge in [0, 0.05) is 33.4 Å². The van der Waals surface area contributed by atoms with Crippen LogP contribution in [0.25, 0.3) is 0 Å². The maximum atomic E-state index is 5.61. The smallest absolute Gasteiger partial charge is 0.0593 e. The van der Waals surface area contributed by atoms with Crippen molar-refractivity contribution in [2.24, 2.45) is 11.7 Å². The van der Waals surface area contributed by atoms with Gasteiger partial charge in [0.05, 0.1) is 6.61 Å². The molecule has 4 heteroatoms. The van der Waals surface area contributed by atoms with Crippen molar-refractivity contribution >= 4 is 0 Å². The van der Waals surface area contributed by atoms with E-state index in [9.17, 15) is 0 Å². The Labute approximate surface area is 100 Å². The fraction of sp³-hybridized carbons (Fsp3) is 1.00. The van der Waals surface area contributed by atoms with E-state index in [-0.39, 0.29) is 0 Å². The van der Waals surface area contributed by atoms with Gasteiger partial charge in [-0.2, -0.15) is 0 Å². The number of ether oxygens (including phenoxy) is 2. The van der Waals surface area contributed by atoms with Crippen LogP contribution in [0.15, 0.2) is 0 Å². The lowest BCUT2D eigenvalue weighted by molar-refractivity contribution is 0.0820. The van der Waals surface area contributed by atoms with E-state index in [0.717, 1.165) is 52.4 Å². The molecule has 0 bridgehead atoms. The van der Waals surface area contributed by atoms with E-state index in [0.29, 0.717) is 5.92 Å². The van der Waals surface area contributed by atoms with Crippen LogP contribution in [0.1, 0.15) is 20.3 Å². The van der Waals surface area contributed by atoms with Crippen molar-refractivity contribution in [1.29, 1.82) is 0 Å². The SMILES string of the molecule is CCN(CCOCCCOC)CC(C)CN. The summed E-state index contributed by atoms with van der Waals surface area (Å²) in [6.45, 7) is 10.6. The molecular weight excluding hydrogens is 204 g/mol. The number of methoxy groups -OCH3 is 1. The molecule has 4 nitrogen and oxygen atoms in total. The minimum absolute atomic E-state index is 0.563. The highest BCUT2D eigenvalue weighted by atomic mass is 16.5. The minimum Gasteiger partial charge on any atom is -0.385 e. The second kappa shape index (κ2) is 11.3. The van der Waals surface area contributed by atoms with E-state index in [4.69, 9.17) is 15.2 Å². The largest absolute Gasteiger partial charge is 0.385 e. The molecule has 0 radical (unpaired) electrons. The monoisotopic (exact) mass is 232 g/mol. The highest BCUT2D eigenvalue weighted by Gasteiger charge is 2.06. The van der Waals surface area contributed by atoms with Crippen molar-refractivity contribution in [1.82, 2.24) is 4.90 Å². The molecule has 0 aromatic rings. The average Bonchev–Trinajstić information content (AvgIpc) is 2.31. The topological polar surface area (TPSA) is 47.7 Å². The van der Waals surface area contributed by atoms with Crippen molar-refractivity contribution in [3.63, 3.8) is 0 Å². The second-order valence-corrected chi connectivity index (χ2v) is 4.19. The zero-order chi connectivity index (χ0) is 12.2. The fourth-order valence-electron chi connectivity index (χ4n) is 1.49. The van der Waals surface area contributed by atoms with E-state index in [1.54, 1.807) is 7.11 Å². The minimum atomic E-state index is 0.563. The fourth-order valence-corrected chi connectivity index (χ4v) is 1.49. The first kappa shape index (κ1) is 15.8. The summed E-state index contributed by atoms with van der Waals surface area (Å²) in [7, 11) is 1.72. The van der Waals surface area contributed by atoms with Crippen molar-refractivity contribution in [3.05, 3.63) is 0 Å². The maximum absolute atomic E-state index is 5.61. The summed E-state index contributed by atoms with van der Waals surface area (Å²) in [5.74, 6) is 0.563. The Morgan fingerprint density at radius 3 is 2.56 bits per heavy atom. The highest BCUT2D eigenvalue weighted by molar-refractivity contribution is 4.61. The third-order valence-electron chi connectivity index (χ3n) is 2.61. The summed E-state index contributed by atoms with van der Waals surface area (Å²) in [5.41, 5.74) is 5.61. The van der Waals surface area contributed by atoms with Gasteiger partial charge in [0.1, 0.15) is 0 Å². The lowest BCUT2D eigenvalue weighted by Gasteiger charge is -2.23. The van der Waals surface area contributed by atoms with Crippen LogP contribution in [0.2, 0.25) is 0 Å². The number of hydrogen-bond acceptors (Lipinski definition) is 4. The summed E-state index contributed by atoms with van der Waals surface area (Å²) in [6.07, 6.45) is 0.974. The van der Waals surface area contributed by atoms with Gasteiger partial charge in [-0.25, -0.2) is 0 Å². The molecule has 1 unspecified atom stereocenters. The van der Waals surface area contributed by atoms with Gasteiger partial charge in [0.2, 0.25) is 0 Å². The lowest BCUT2D eigenvalue weighted by atomic mass is 10.2. The van der Waals surface area contributed by atoms with E-state index in [1.165, 1.54) is 0 Å². The molecule has 0 fully saturated rings. The van der Waals surface area contributed by atoms with Gasteiger partial charge in [-0.05, 0) is 25.4 Å². The molecule has 0 aliphatic carbocycles. The molecule has 0 amide bonds. The second-order valence-electron chi connectivity index (χ2n) is 4.19. The predicted molar refractivity (Wildman–Crippen MR) is 67.6 cm³/mol. The van der Waals surface area contributed by atoms with Crippen LogP contribution in [-0.4, -0.2) is 58.0 Å². The summed E-state index contributed by atoms with van der Waals surface area (Å²) < 4.78 is 10.5. The van der Waals surface area contributed by atoms with E-state index in [2.05, 4.69) is 18.7 Å². The Balaban J connectivity index is 3.40. The van der Waals surface area contributed by atoms with Gasteiger partial charge in [0.25, 0.3) is 0 Å². The van der Waals surface area contributed by atoms with Crippen LogP contribution >= 0.6 is 0 Å². The molecule has 0 spiro atoms. The molecule has 0 heterocycles. The molecule has 0 rings (SSSR count). The molecule has 0 aliphatic heterocycles. The van der Waals surface area contributed by atoms with Crippen LogP contribution in [0.3, 0.4) is 0 Å². The van der Waals surface area contributed by atoms with Crippen molar-refractivity contribution in [3.8, 4) is 0 Å². The summed E-state index contributed by atoms with van der Waals surface area (Å²) >= 11 is 0. The highest BCUT2D eigenvalue weighted by Crippen LogP contribution is 1.97. The molecule has 0 saturated carbocycles. The molecule has 16 heavy (non-hydrogen) atoms. The average molecular weight is 232 g/mol. The molecule has 0 saturated heterocycles. The standard InChI is InChI=1S/C12H28N2O2/c1-4-14(11-12(2)10-13)6-9-16-8-5-7-15-3/h12H,4-11,13H2,1-3H3. The van der Waals surface area contributed by atoms with Crippen LogP contribution < -0.4 is 5.73 Å². The zero-order valence-corrected chi connectivity index (χ0v) is 11.1. The molecule has 1 atom stereocenters. The van der Waals surface area contributed by atoms with E-state index < -0.39 is 0 Å². The van der Waals surface area contributed by atoms with Gasteiger partial charge < -0.3 is 20.1 Å². The molecule has 98 valence electrons. The molecule has 0 aromatic carbocycles. The Hall–Kier alpha value is -0.160. The van der Waals surface area contributed by atoms with Gasteiger partial charge in [-0.3, -0.25) is 0 Å².